The fourth-order valence-corrected chi connectivity index (χ4v) is 6.25. The number of phenolic OH excluding ortho intramolecular Hbond substituents is 1. The molecule has 4 amide bonds. The van der Waals surface area contributed by atoms with Gasteiger partial charge >= 0.3 is 6.03 Å². The lowest BCUT2D eigenvalue weighted by Gasteiger charge is -2.54. The smallest absolute Gasteiger partial charge is 0.334 e. The van der Waals surface area contributed by atoms with Crippen LogP contribution in [-0.4, -0.2) is 101 Å². The number of carbonyl (C=O) groups excluding carboxylic acids is 3. The number of aromatic hydroxyl groups is 1. The normalized spacial score (nSPS) is 20.9. The summed E-state index contributed by atoms with van der Waals surface area (Å²) in [5.41, 5.74) is 3.81. The Labute approximate surface area is 257 Å². The number of hydrazine groups is 1. The Hall–Kier alpha value is -4.61. The summed E-state index contributed by atoms with van der Waals surface area (Å²) in [6, 6.07) is 23.3. The summed E-state index contributed by atoms with van der Waals surface area (Å²) in [6.45, 7) is 3.77. The van der Waals surface area contributed by atoms with Crippen molar-refractivity contribution in [2.75, 3.05) is 51.3 Å². The van der Waals surface area contributed by atoms with Gasteiger partial charge in [-0.25, -0.2) is 14.8 Å². The van der Waals surface area contributed by atoms with Crippen LogP contribution in [0.15, 0.2) is 78.9 Å². The van der Waals surface area contributed by atoms with Crippen LogP contribution >= 0.6 is 0 Å². The Kier molecular flexibility index (Phi) is 8.67. The molecule has 0 radical (unpaired) electrons. The number of likely N-dealkylation sites (N-methyl/N-ethyl adjacent to an activating group) is 1. The van der Waals surface area contributed by atoms with Crippen LogP contribution in [0, 0.1) is 0 Å². The summed E-state index contributed by atoms with van der Waals surface area (Å²) in [5, 5.41) is 16.0. The average molecular weight is 599 g/mol. The van der Waals surface area contributed by atoms with E-state index in [2.05, 4.69) is 22.3 Å². The van der Waals surface area contributed by atoms with Gasteiger partial charge in [-0.2, -0.15) is 0 Å². The second-order valence-electron chi connectivity index (χ2n) is 11.5. The van der Waals surface area contributed by atoms with Crippen LogP contribution in [0.3, 0.4) is 0 Å². The van der Waals surface area contributed by atoms with Gasteiger partial charge in [0.15, 0.2) is 0 Å². The SMILES string of the molecule is CN1CC(=O)N2[C@@H](Cc3ccc(O)cc3)C(=O)N(Cc3cccc(N4CCOCC4)c3)C[C@@H]2N1C(=O)NCc1ccccc1. The highest BCUT2D eigenvalue weighted by Crippen LogP contribution is 2.29. The van der Waals surface area contributed by atoms with Crippen LogP contribution < -0.4 is 10.2 Å². The summed E-state index contributed by atoms with van der Waals surface area (Å²) in [5.74, 6) is -0.260. The molecule has 0 saturated carbocycles. The predicted molar refractivity (Wildman–Crippen MR) is 164 cm³/mol. The van der Waals surface area contributed by atoms with Gasteiger partial charge in [0.2, 0.25) is 11.8 Å². The first-order chi connectivity index (χ1) is 21.4. The Morgan fingerprint density at radius 2 is 1.66 bits per heavy atom. The fourth-order valence-electron chi connectivity index (χ4n) is 6.25. The van der Waals surface area contributed by atoms with Crippen LogP contribution in [0.25, 0.3) is 0 Å². The van der Waals surface area contributed by atoms with Crippen molar-refractivity contribution in [2.24, 2.45) is 0 Å². The lowest BCUT2D eigenvalue weighted by molar-refractivity contribution is -0.187. The lowest BCUT2D eigenvalue weighted by Crippen LogP contribution is -2.76. The Balaban J connectivity index is 1.29. The summed E-state index contributed by atoms with van der Waals surface area (Å²) in [7, 11) is 1.72. The van der Waals surface area contributed by atoms with Gasteiger partial charge in [0.25, 0.3) is 0 Å². The van der Waals surface area contributed by atoms with Gasteiger partial charge < -0.3 is 29.9 Å². The molecule has 6 rings (SSSR count). The second kappa shape index (κ2) is 12.9. The first-order valence-corrected chi connectivity index (χ1v) is 15.0. The first-order valence-electron chi connectivity index (χ1n) is 15.0. The summed E-state index contributed by atoms with van der Waals surface area (Å²) in [4.78, 5) is 47.1. The van der Waals surface area contributed by atoms with Gasteiger partial charge in [-0.1, -0.05) is 54.6 Å². The molecule has 0 spiro atoms. The van der Waals surface area contributed by atoms with Crippen LogP contribution in [0.5, 0.6) is 5.75 Å². The highest BCUT2D eigenvalue weighted by Gasteiger charge is 2.50. The van der Waals surface area contributed by atoms with Crippen molar-refractivity contribution in [2.45, 2.75) is 31.7 Å². The maximum absolute atomic E-state index is 14.2. The molecule has 0 unspecified atom stereocenters. The average Bonchev–Trinajstić information content (AvgIpc) is 3.04. The Bertz CT molecular complexity index is 1480. The molecular formula is C33H38N6O5. The molecule has 0 aliphatic carbocycles. The number of hydrogen-bond donors (Lipinski definition) is 2. The molecule has 3 aliphatic rings. The third-order valence-electron chi connectivity index (χ3n) is 8.46. The number of rotatable bonds is 7. The number of carbonyl (C=O) groups is 3. The molecule has 11 nitrogen and oxygen atoms in total. The molecule has 44 heavy (non-hydrogen) atoms. The maximum Gasteiger partial charge on any atom is 0.334 e. The van der Waals surface area contributed by atoms with Crippen LogP contribution in [0.2, 0.25) is 0 Å². The molecule has 11 heteroatoms. The van der Waals surface area contributed by atoms with E-state index in [1.54, 1.807) is 51.1 Å². The molecule has 3 fully saturated rings. The summed E-state index contributed by atoms with van der Waals surface area (Å²) >= 11 is 0. The predicted octanol–water partition coefficient (Wildman–Crippen LogP) is 2.41. The number of piperazine rings is 1. The molecule has 3 aromatic carbocycles. The minimum Gasteiger partial charge on any atom is -0.508 e. The van der Waals surface area contributed by atoms with E-state index in [0.29, 0.717) is 26.3 Å². The maximum atomic E-state index is 14.2. The number of amides is 4. The highest BCUT2D eigenvalue weighted by molar-refractivity contribution is 5.91. The van der Waals surface area contributed by atoms with E-state index in [0.717, 1.165) is 35.5 Å². The van der Waals surface area contributed by atoms with E-state index in [1.807, 2.05) is 42.5 Å². The van der Waals surface area contributed by atoms with Crippen LogP contribution in [-0.2, 0) is 33.8 Å². The van der Waals surface area contributed by atoms with E-state index < -0.39 is 12.2 Å². The molecule has 2 atom stereocenters. The van der Waals surface area contributed by atoms with Crippen molar-refractivity contribution < 1.29 is 24.2 Å². The fraction of sp³-hybridized carbons (Fsp3) is 0.364. The zero-order valence-corrected chi connectivity index (χ0v) is 24.8. The lowest BCUT2D eigenvalue weighted by atomic mass is 9.98. The van der Waals surface area contributed by atoms with Crippen molar-refractivity contribution in [3.63, 3.8) is 0 Å². The molecule has 0 bridgehead atoms. The monoisotopic (exact) mass is 598 g/mol. The van der Waals surface area contributed by atoms with E-state index in [1.165, 1.54) is 0 Å². The number of morpholine rings is 1. The number of hydrogen-bond acceptors (Lipinski definition) is 7. The molecule has 3 heterocycles. The third kappa shape index (κ3) is 6.34. The number of urea groups is 1. The highest BCUT2D eigenvalue weighted by atomic mass is 16.5. The zero-order valence-electron chi connectivity index (χ0n) is 24.8. The molecule has 3 aromatic rings. The van der Waals surface area contributed by atoms with Gasteiger partial charge in [-0.05, 0) is 41.0 Å². The van der Waals surface area contributed by atoms with Gasteiger partial charge in [-0.3, -0.25) is 9.59 Å². The minimum absolute atomic E-state index is 0.0315. The summed E-state index contributed by atoms with van der Waals surface area (Å²) < 4.78 is 5.51. The third-order valence-corrected chi connectivity index (χ3v) is 8.46. The van der Waals surface area contributed by atoms with Crippen molar-refractivity contribution in [1.29, 1.82) is 0 Å². The van der Waals surface area contributed by atoms with E-state index in [-0.39, 0.29) is 43.1 Å². The molecular weight excluding hydrogens is 560 g/mol. The van der Waals surface area contributed by atoms with Gasteiger partial charge in [0.05, 0.1) is 26.3 Å². The molecule has 230 valence electrons. The molecule has 2 N–H and O–H groups in total. The number of anilines is 1. The van der Waals surface area contributed by atoms with Crippen molar-refractivity contribution in [3.05, 3.63) is 95.6 Å². The quantitative estimate of drug-likeness (QED) is 0.430. The second-order valence-corrected chi connectivity index (χ2v) is 11.5. The summed E-state index contributed by atoms with van der Waals surface area (Å²) in [6.07, 6.45) is -0.436. The van der Waals surface area contributed by atoms with E-state index >= 15 is 0 Å². The largest absolute Gasteiger partial charge is 0.508 e. The van der Waals surface area contributed by atoms with Crippen molar-refractivity contribution in [1.82, 2.24) is 25.1 Å². The Morgan fingerprint density at radius 1 is 0.932 bits per heavy atom. The number of nitrogens with zero attached hydrogens (tertiary/aromatic N) is 5. The minimum atomic E-state index is -0.814. The standard InChI is InChI=1S/C33H38N6O5/c1-35-23-31(41)38-29(19-24-10-12-28(40)13-11-24)32(42)37(21-26-8-5-9-27(18-26)36-14-16-44-17-15-36)22-30(38)39(35)33(43)34-20-25-6-3-2-4-7-25/h2-13,18,29-30,40H,14-17,19-23H2,1H3,(H,34,43)/t29-,30-/m0/s1. The topological polar surface area (TPSA) is 109 Å². The Morgan fingerprint density at radius 3 is 2.41 bits per heavy atom. The number of nitrogens with one attached hydrogen (secondary N) is 1. The molecule has 3 aliphatic heterocycles. The van der Waals surface area contributed by atoms with Crippen LogP contribution in [0.1, 0.15) is 16.7 Å². The number of ether oxygens (including phenoxy) is 1. The first kappa shape index (κ1) is 29.5. The number of fused-ring (bicyclic) bond motifs is 1. The van der Waals surface area contributed by atoms with Gasteiger partial charge in [0, 0.05) is 45.3 Å². The number of benzene rings is 3. The van der Waals surface area contributed by atoms with E-state index in [9.17, 15) is 19.5 Å². The van der Waals surface area contributed by atoms with Crippen molar-refractivity contribution >= 4 is 23.5 Å². The van der Waals surface area contributed by atoms with Crippen LogP contribution in [0.4, 0.5) is 10.5 Å². The van der Waals surface area contributed by atoms with Crippen molar-refractivity contribution in [3.8, 4) is 5.75 Å². The number of phenols is 1. The molecule has 3 saturated heterocycles. The van der Waals surface area contributed by atoms with Gasteiger partial charge in [-0.15, -0.1) is 0 Å². The van der Waals surface area contributed by atoms with Gasteiger partial charge in [0.1, 0.15) is 18.0 Å². The molecule has 0 aromatic heterocycles. The zero-order chi connectivity index (χ0) is 30.6. The van der Waals surface area contributed by atoms with E-state index in [4.69, 9.17) is 4.74 Å².